The lowest BCUT2D eigenvalue weighted by Crippen LogP contribution is -1.99. The van der Waals surface area contributed by atoms with Gasteiger partial charge in [0.2, 0.25) is 0 Å². The maximum atomic E-state index is 13.9. The highest BCUT2D eigenvalue weighted by Gasteiger charge is 2.27. The van der Waals surface area contributed by atoms with E-state index in [0.29, 0.717) is 23.8 Å². The molecule has 2 nitrogen and oxygen atoms in total. The van der Waals surface area contributed by atoms with Crippen LogP contribution in [-0.4, -0.2) is 6.29 Å². The summed E-state index contributed by atoms with van der Waals surface area (Å²) in [6.07, 6.45) is 3.11. The van der Waals surface area contributed by atoms with Gasteiger partial charge in [-0.3, -0.25) is 4.79 Å². The first-order chi connectivity index (χ1) is 12.7. The van der Waals surface area contributed by atoms with E-state index in [0.717, 1.165) is 41.4 Å². The monoisotopic (exact) mass is 346 g/mol. The summed E-state index contributed by atoms with van der Waals surface area (Å²) in [4.78, 5) is 11.1. The molecular formula is C23H19FO2. The molecule has 0 atom stereocenters. The first-order valence-corrected chi connectivity index (χ1v) is 8.80. The summed E-state index contributed by atoms with van der Waals surface area (Å²) in [5.74, 6) is 0.667. The predicted octanol–water partition coefficient (Wildman–Crippen LogP) is 5.76. The van der Waals surface area contributed by atoms with E-state index in [1.807, 2.05) is 42.5 Å². The van der Waals surface area contributed by atoms with Crippen molar-refractivity contribution in [3.8, 4) is 16.9 Å². The lowest BCUT2D eigenvalue weighted by Gasteiger charge is -2.15. The molecule has 0 heterocycles. The second-order valence-electron chi connectivity index (χ2n) is 6.65. The number of carbonyl (C=O) groups excluding carboxylic acids is 1. The number of rotatable bonds is 6. The Labute approximate surface area is 152 Å². The minimum absolute atomic E-state index is 0.325. The fourth-order valence-corrected chi connectivity index (χ4v) is 3.21. The molecule has 1 saturated carbocycles. The van der Waals surface area contributed by atoms with Crippen LogP contribution in [-0.2, 0) is 6.61 Å². The van der Waals surface area contributed by atoms with Gasteiger partial charge in [-0.1, -0.05) is 42.5 Å². The van der Waals surface area contributed by atoms with Crippen molar-refractivity contribution in [3.05, 3.63) is 89.2 Å². The molecule has 3 aromatic carbocycles. The van der Waals surface area contributed by atoms with E-state index in [-0.39, 0.29) is 5.82 Å². The van der Waals surface area contributed by atoms with Crippen LogP contribution in [0, 0.1) is 5.82 Å². The second-order valence-corrected chi connectivity index (χ2v) is 6.65. The molecular weight excluding hydrogens is 327 g/mol. The highest BCUT2D eigenvalue weighted by Crippen LogP contribution is 2.46. The Hall–Kier alpha value is -2.94. The van der Waals surface area contributed by atoms with Gasteiger partial charge in [-0.05, 0) is 53.6 Å². The molecule has 0 radical (unpaired) electrons. The van der Waals surface area contributed by atoms with E-state index in [1.165, 1.54) is 12.1 Å². The van der Waals surface area contributed by atoms with Gasteiger partial charge in [0.25, 0.3) is 0 Å². The standard InChI is InChI=1S/C23H19FO2/c24-19-9-11-21(23(13-19)26-15-16-4-2-1-3-5-16)20-10-6-17(14-25)12-22(20)18-7-8-18/h1-6,9-14,18H,7-8,15H2. The number of aldehydes is 1. The highest BCUT2D eigenvalue weighted by atomic mass is 19.1. The molecule has 0 spiro atoms. The van der Waals surface area contributed by atoms with Crippen LogP contribution in [0.25, 0.3) is 11.1 Å². The normalized spacial score (nSPS) is 13.4. The van der Waals surface area contributed by atoms with Gasteiger partial charge in [0.05, 0.1) is 0 Å². The van der Waals surface area contributed by atoms with Crippen LogP contribution in [0.4, 0.5) is 4.39 Å². The molecule has 0 unspecified atom stereocenters. The third-order valence-electron chi connectivity index (χ3n) is 4.70. The molecule has 1 aliphatic carbocycles. The largest absolute Gasteiger partial charge is 0.488 e. The van der Waals surface area contributed by atoms with Crippen molar-refractivity contribution in [2.45, 2.75) is 25.4 Å². The Morgan fingerprint density at radius 1 is 0.962 bits per heavy atom. The molecule has 0 saturated heterocycles. The van der Waals surface area contributed by atoms with Gasteiger partial charge in [0.1, 0.15) is 24.5 Å². The quantitative estimate of drug-likeness (QED) is 0.530. The van der Waals surface area contributed by atoms with Crippen molar-refractivity contribution >= 4 is 6.29 Å². The van der Waals surface area contributed by atoms with Crippen LogP contribution in [0.1, 0.15) is 40.2 Å². The summed E-state index contributed by atoms with van der Waals surface area (Å²) < 4.78 is 19.8. The third-order valence-corrected chi connectivity index (χ3v) is 4.70. The molecule has 3 heteroatoms. The van der Waals surface area contributed by atoms with Gasteiger partial charge in [0.15, 0.2) is 0 Å². The van der Waals surface area contributed by atoms with Crippen molar-refractivity contribution in [2.24, 2.45) is 0 Å². The molecule has 0 bridgehead atoms. The van der Waals surface area contributed by atoms with Crippen LogP contribution in [0.3, 0.4) is 0 Å². The van der Waals surface area contributed by atoms with Crippen molar-refractivity contribution in [3.63, 3.8) is 0 Å². The van der Waals surface area contributed by atoms with Crippen molar-refractivity contribution in [1.29, 1.82) is 0 Å². The minimum Gasteiger partial charge on any atom is -0.488 e. The van der Waals surface area contributed by atoms with Crippen LogP contribution < -0.4 is 4.74 Å². The fourth-order valence-electron chi connectivity index (χ4n) is 3.21. The predicted molar refractivity (Wildman–Crippen MR) is 100.0 cm³/mol. The molecule has 1 fully saturated rings. The van der Waals surface area contributed by atoms with Crippen molar-refractivity contribution in [1.82, 2.24) is 0 Å². The minimum atomic E-state index is -0.325. The first-order valence-electron chi connectivity index (χ1n) is 8.80. The number of carbonyl (C=O) groups is 1. The van der Waals surface area contributed by atoms with Gasteiger partial charge in [-0.2, -0.15) is 0 Å². The first kappa shape index (κ1) is 16.5. The van der Waals surface area contributed by atoms with Gasteiger partial charge >= 0.3 is 0 Å². The molecule has 0 amide bonds. The Kier molecular flexibility index (Phi) is 4.53. The summed E-state index contributed by atoms with van der Waals surface area (Å²) >= 11 is 0. The molecule has 0 aliphatic heterocycles. The summed E-state index contributed by atoms with van der Waals surface area (Å²) in [5.41, 5.74) is 4.72. The van der Waals surface area contributed by atoms with Crippen molar-refractivity contribution in [2.75, 3.05) is 0 Å². The van der Waals surface area contributed by atoms with Crippen LogP contribution >= 0.6 is 0 Å². The zero-order valence-electron chi connectivity index (χ0n) is 14.3. The van der Waals surface area contributed by atoms with E-state index in [9.17, 15) is 9.18 Å². The van der Waals surface area contributed by atoms with E-state index in [4.69, 9.17) is 4.74 Å². The maximum Gasteiger partial charge on any atom is 0.150 e. The van der Waals surface area contributed by atoms with Crippen LogP contribution in [0.5, 0.6) is 5.75 Å². The topological polar surface area (TPSA) is 26.3 Å². The molecule has 1 aliphatic rings. The van der Waals surface area contributed by atoms with E-state index in [1.54, 1.807) is 12.1 Å². The maximum absolute atomic E-state index is 13.9. The Bertz CT molecular complexity index is 930. The zero-order chi connectivity index (χ0) is 17.9. The Morgan fingerprint density at radius 2 is 1.73 bits per heavy atom. The molecule has 130 valence electrons. The Morgan fingerprint density at radius 3 is 2.46 bits per heavy atom. The van der Waals surface area contributed by atoms with Gasteiger partial charge in [-0.15, -0.1) is 0 Å². The van der Waals surface area contributed by atoms with Gasteiger partial charge in [-0.25, -0.2) is 4.39 Å². The second kappa shape index (κ2) is 7.12. The summed E-state index contributed by atoms with van der Waals surface area (Å²) in [5, 5.41) is 0. The molecule has 4 rings (SSSR count). The number of ether oxygens (including phenoxy) is 1. The summed E-state index contributed by atoms with van der Waals surface area (Å²) in [6.45, 7) is 0.377. The van der Waals surface area contributed by atoms with E-state index < -0.39 is 0 Å². The highest BCUT2D eigenvalue weighted by molar-refractivity contribution is 5.81. The lowest BCUT2D eigenvalue weighted by atomic mass is 9.94. The van der Waals surface area contributed by atoms with Gasteiger partial charge < -0.3 is 4.74 Å². The fraction of sp³-hybridized carbons (Fsp3) is 0.174. The van der Waals surface area contributed by atoms with Crippen LogP contribution in [0.15, 0.2) is 66.7 Å². The number of hydrogen-bond donors (Lipinski definition) is 0. The number of benzene rings is 3. The average molecular weight is 346 g/mol. The number of hydrogen-bond acceptors (Lipinski definition) is 2. The van der Waals surface area contributed by atoms with Crippen LogP contribution in [0.2, 0.25) is 0 Å². The summed E-state index contributed by atoms with van der Waals surface area (Å²) in [6, 6.07) is 20.2. The van der Waals surface area contributed by atoms with Gasteiger partial charge in [0, 0.05) is 17.2 Å². The average Bonchev–Trinajstić information content (AvgIpc) is 3.52. The smallest absolute Gasteiger partial charge is 0.150 e. The van der Waals surface area contributed by atoms with E-state index >= 15 is 0 Å². The third kappa shape index (κ3) is 3.52. The molecule has 0 aromatic heterocycles. The number of halogens is 1. The molecule has 3 aromatic rings. The lowest BCUT2D eigenvalue weighted by molar-refractivity contribution is 0.112. The molecule has 0 N–H and O–H groups in total. The van der Waals surface area contributed by atoms with Crippen molar-refractivity contribution < 1.29 is 13.9 Å². The SMILES string of the molecule is O=Cc1ccc(-c2ccc(F)cc2OCc2ccccc2)c(C2CC2)c1. The van der Waals surface area contributed by atoms with E-state index in [2.05, 4.69) is 0 Å². The Balaban J connectivity index is 1.71. The molecule has 26 heavy (non-hydrogen) atoms. The summed E-state index contributed by atoms with van der Waals surface area (Å²) in [7, 11) is 0. The zero-order valence-corrected chi connectivity index (χ0v) is 14.3.